The van der Waals surface area contributed by atoms with Crippen molar-refractivity contribution in [2.45, 2.75) is 0 Å². The van der Waals surface area contributed by atoms with Crippen molar-refractivity contribution in [3.05, 3.63) is 65.7 Å². The molecule has 0 radical (unpaired) electrons. The third-order valence-electron chi connectivity index (χ3n) is 2.01. The molecular weight excluding hydrogens is 193 g/mol. The van der Waals surface area contributed by atoms with E-state index >= 15 is 0 Å². The van der Waals surface area contributed by atoms with Crippen molar-refractivity contribution in [1.82, 2.24) is 4.98 Å². The van der Waals surface area contributed by atoms with E-state index in [-0.39, 0.29) is 5.69 Å². The van der Waals surface area contributed by atoms with E-state index in [9.17, 15) is 9.18 Å². The molecule has 0 fully saturated rings. The summed E-state index contributed by atoms with van der Waals surface area (Å²) >= 11 is 0. The third kappa shape index (κ3) is 1.91. The van der Waals surface area contributed by atoms with Crippen LogP contribution in [0.2, 0.25) is 0 Å². The maximum atomic E-state index is 13.2. The number of halogens is 1. The van der Waals surface area contributed by atoms with Gasteiger partial charge < -0.3 is 0 Å². The number of carbonyl (C=O) groups is 1. The van der Waals surface area contributed by atoms with Gasteiger partial charge in [-0.05, 0) is 12.1 Å². The van der Waals surface area contributed by atoms with Crippen molar-refractivity contribution in [1.29, 1.82) is 0 Å². The Morgan fingerprint density at radius 1 is 1.07 bits per heavy atom. The molecule has 1 aromatic heterocycles. The van der Waals surface area contributed by atoms with Gasteiger partial charge in [0.05, 0.1) is 0 Å². The van der Waals surface area contributed by atoms with E-state index in [1.54, 1.807) is 30.3 Å². The molecule has 0 aliphatic rings. The van der Waals surface area contributed by atoms with Gasteiger partial charge in [-0.15, -0.1) is 0 Å². The van der Waals surface area contributed by atoms with Gasteiger partial charge in [-0.2, -0.15) is 0 Å². The molecule has 0 saturated heterocycles. The summed E-state index contributed by atoms with van der Waals surface area (Å²) in [7, 11) is 0. The maximum absolute atomic E-state index is 13.2. The molecule has 1 heterocycles. The molecule has 0 saturated carbocycles. The molecule has 0 N–H and O–H groups in total. The Morgan fingerprint density at radius 3 is 2.47 bits per heavy atom. The number of benzene rings is 1. The van der Waals surface area contributed by atoms with Crippen LogP contribution in [-0.4, -0.2) is 10.8 Å². The molecule has 2 nitrogen and oxygen atoms in total. The number of hydrogen-bond acceptors (Lipinski definition) is 2. The molecule has 0 spiro atoms. The Hall–Kier alpha value is -2.03. The number of carbonyl (C=O) groups excluding carboxylic acids is 1. The van der Waals surface area contributed by atoms with Gasteiger partial charge in [0, 0.05) is 11.8 Å². The SMILES string of the molecule is O=C(c1ccccc1)c1ncccc1F. The molecule has 74 valence electrons. The summed E-state index contributed by atoms with van der Waals surface area (Å²) in [6, 6.07) is 11.2. The minimum absolute atomic E-state index is 0.135. The van der Waals surface area contributed by atoms with Crippen molar-refractivity contribution >= 4 is 5.78 Å². The zero-order valence-corrected chi connectivity index (χ0v) is 7.85. The molecule has 2 aromatic rings. The van der Waals surface area contributed by atoms with Crippen LogP contribution >= 0.6 is 0 Å². The van der Waals surface area contributed by atoms with Crippen LogP contribution in [0.3, 0.4) is 0 Å². The maximum Gasteiger partial charge on any atom is 0.214 e. The van der Waals surface area contributed by atoms with E-state index < -0.39 is 11.6 Å². The second-order valence-electron chi connectivity index (χ2n) is 3.03. The van der Waals surface area contributed by atoms with Crippen LogP contribution in [0, 0.1) is 5.82 Å². The molecule has 0 aliphatic heterocycles. The fourth-order valence-electron chi connectivity index (χ4n) is 1.28. The molecule has 3 heteroatoms. The molecule has 0 amide bonds. The molecule has 0 aliphatic carbocycles. The fourth-order valence-corrected chi connectivity index (χ4v) is 1.28. The first-order valence-electron chi connectivity index (χ1n) is 4.49. The average molecular weight is 201 g/mol. The van der Waals surface area contributed by atoms with Crippen LogP contribution in [0.4, 0.5) is 4.39 Å². The van der Waals surface area contributed by atoms with Crippen molar-refractivity contribution in [2.75, 3.05) is 0 Å². The summed E-state index contributed by atoms with van der Waals surface area (Å²) in [5.74, 6) is -0.986. The van der Waals surface area contributed by atoms with Gasteiger partial charge in [0.1, 0.15) is 5.69 Å². The van der Waals surface area contributed by atoms with E-state index in [2.05, 4.69) is 4.98 Å². The monoisotopic (exact) mass is 201 g/mol. The van der Waals surface area contributed by atoms with Crippen LogP contribution in [0.15, 0.2) is 48.7 Å². The van der Waals surface area contributed by atoms with Crippen molar-refractivity contribution in [2.24, 2.45) is 0 Å². The number of ketones is 1. The van der Waals surface area contributed by atoms with Crippen molar-refractivity contribution in [3.8, 4) is 0 Å². The van der Waals surface area contributed by atoms with E-state index in [0.29, 0.717) is 5.56 Å². The lowest BCUT2D eigenvalue weighted by molar-refractivity contribution is 0.103. The predicted octanol–water partition coefficient (Wildman–Crippen LogP) is 2.45. The minimum atomic E-state index is -0.591. The Balaban J connectivity index is 2.42. The largest absolute Gasteiger partial charge is 0.287 e. The van der Waals surface area contributed by atoms with Crippen molar-refractivity contribution < 1.29 is 9.18 Å². The fraction of sp³-hybridized carbons (Fsp3) is 0. The van der Waals surface area contributed by atoms with Crippen LogP contribution in [0.1, 0.15) is 16.1 Å². The topological polar surface area (TPSA) is 30.0 Å². The van der Waals surface area contributed by atoms with E-state index in [4.69, 9.17) is 0 Å². The highest BCUT2D eigenvalue weighted by atomic mass is 19.1. The zero-order valence-electron chi connectivity index (χ0n) is 7.85. The van der Waals surface area contributed by atoms with E-state index in [0.717, 1.165) is 0 Å². The highest BCUT2D eigenvalue weighted by Gasteiger charge is 2.13. The highest BCUT2D eigenvalue weighted by molar-refractivity contribution is 6.07. The van der Waals surface area contributed by atoms with Crippen LogP contribution in [0.5, 0.6) is 0 Å². The summed E-state index contributed by atoms with van der Waals surface area (Å²) in [5.41, 5.74) is 0.304. The predicted molar refractivity (Wildman–Crippen MR) is 54.1 cm³/mol. The first-order chi connectivity index (χ1) is 7.29. The third-order valence-corrected chi connectivity index (χ3v) is 2.01. The molecule has 2 rings (SSSR count). The Labute approximate surface area is 86.4 Å². The average Bonchev–Trinajstić information content (AvgIpc) is 2.30. The Morgan fingerprint density at radius 2 is 1.80 bits per heavy atom. The lowest BCUT2D eigenvalue weighted by Crippen LogP contribution is -2.06. The lowest BCUT2D eigenvalue weighted by Gasteiger charge is -2.00. The van der Waals surface area contributed by atoms with Crippen molar-refractivity contribution in [3.63, 3.8) is 0 Å². The van der Waals surface area contributed by atoms with E-state index in [1.807, 2.05) is 0 Å². The van der Waals surface area contributed by atoms with Crippen LogP contribution < -0.4 is 0 Å². The molecular formula is C12H8FNO. The van der Waals surface area contributed by atoms with Gasteiger partial charge in [0.15, 0.2) is 5.82 Å². The Bertz CT molecular complexity index is 482. The summed E-state index contributed by atoms with van der Waals surface area (Å²) in [4.78, 5) is 15.5. The normalized spacial score (nSPS) is 9.93. The number of hydrogen-bond donors (Lipinski definition) is 0. The molecule has 0 bridgehead atoms. The molecule has 0 atom stereocenters. The van der Waals surface area contributed by atoms with Gasteiger partial charge in [-0.3, -0.25) is 4.79 Å². The lowest BCUT2D eigenvalue weighted by atomic mass is 10.1. The second-order valence-corrected chi connectivity index (χ2v) is 3.03. The number of pyridine rings is 1. The van der Waals surface area contributed by atoms with Gasteiger partial charge in [-0.25, -0.2) is 9.37 Å². The summed E-state index contributed by atoms with van der Waals surface area (Å²) < 4.78 is 13.2. The van der Waals surface area contributed by atoms with Gasteiger partial charge in [0.2, 0.25) is 5.78 Å². The number of nitrogens with zero attached hydrogens (tertiary/aromatic N) is 1. The molecule has 0 unspecified atom stereocenters. The van der Waals surface area contributed by atoms with Crippen LogP contribution in [0.25, 0.3) is 0 Å². The minimum Gasteiger partial charge on any atom is -0.287 e. The summed E-state index contributed by atoms with van der Waals surface area (Å²) in [6.07, 6.45) is 1.40. The quantitative estimate of drug-likeness (QED) is 0.698. The zero-order chi connectivity index (χ0) is 10.7. The first-order valence-corrected chi connectivity index (χ1v) is 4.49. The highest BCUT2D eigenvalue weighted by Crippen LogP contribution is 2.10. The number of aromatic nitrogens is 1. The summed E-state index contributed by atoms with van der Waals surface area (Å²) in [5, 5.41) is 0. The molecule has 15 heavy (non-hydrogen) atoms. The van der Waals surface area contributed by atoms with Gasteiger partial charge >= 0.3 is 0 Å². The first kappa shape index (κ1) is 9.52. The second kappa shape index (κ2) is 4.00. The Kier molecular flexibility index (Phi) is 2.54. The summed E-state index contributed by atoms with van der Waals surface area (Å²) in [6.45, 7) is 0. The van der Waals surface area contributed by atoms with E-state index in [1.165, 1.54) is 18.3 Å². The van der Waals surface area contributed by atoms with Crippen LogP contribution in [-0.2, 0) is 0 Å². The van der Waals surface area contributed by atoms with Gasteiger partial charge in [0.25, 0.3) is 0 Å². The number of rotatable bonds is 2. The smallest absolute Gasteiger partial charge is 0.214 e. The standard InChI is InChI=1S/C12H8FNO/c13-10-7-4-8-14-11(10)12(15)9-5-2-1-3-6-9/h1-8H. The van der Waals surface area contributed by atoms with Gasteiger partial charge in [-0.1, -0.05) is 30.3 Å². The molecule has 1 aromatic carbocycles.